The molecular weight excluding hydrogens is 176 g/mol. The van der Waals surface area contributed by atoms with E-state index in [9.17, 15) is 4.79 Å². The minimum absolute atomic E-state index is 0.0550. The zero-order chi connectivity index (χ0) is 9.97. The van der Waals surface area contributed by atoms with Crippen molar-refractivity contribution < 1.29 is 9.53 Å². The molecule has 1 heterocycles. The van der Waals surface area contributed by atoms with E-state index in [1.807, 2.05) is 13.8 Å². The van der Waals surface area contributed by atoms with Crippen molar-refractivity contribution >= 4 is 5.97 Å². The molecule has 3 aliphatic rings. The van der Waals surface area contributed by atoms with Crippen LogP contribution in [0, 0.1) is 17.3 Å². The molecule has 0 aromatic carbocycles. The van der Waals surface area contributed by atoms with Crippen LogP contribution in [0.3, 0.4) is 0 Å². The summed E-state index contributed by atoms with van der Waals surface area (Å²) in [7, 11) is 0. The summed E-state index contributed by atoms with van der Waals surface area (Å²) in [6.45, 7) is 4.05. The Morgan fingerprint density at radius 2 is 2.21 bits per heavy atom. The van der Waals surface area contributed by atoms with Gasteiger partial charge in [0.15, 0.2) is 0 Å². The highest BCUT2D eigenvalue weighted by Gasteiger charge is 2.61. The molecule has 3 rings (SSSR count). The minimum atomic E-state index is -0.241. The summed E-state index contributed by atoms with van der Waals surface area (Å²) in [6.07, 6.45) is 7.61. The SMILES string of the molecule is CC1(C)CC2(CC3C=CC2C3)C(=O)O1. The molecule has 3 unspecified atom stereocenters. The maximum Gasteiger partial charge on any atom is 0.313 e. The van der Waals surface area contributed by atoms with E-state index in [1.165, 1.54) is 6.42 Å². The summed E-state index contributed by atoms with van der Waals surface area (Å²) in [6, 6.07) is 0. The van der Waals surface area contributed by atoms with Crippen LogP contribution in [-0.2, 0) is 9.53 Å². The van der Waals surface area contributed by atoms with Gasteiger partial charge in [-0.25, -0.2) is 0 Å². The van der Waals surface area contributed by atoms with Gasteiger partial charge in [-0.05, 0) is 38.5 Å². The topological polar surface area (TPSA) is 26.3 Å². The van der Waals surface area contributed by atoms with Crippen molar-refractivity contribution in [2.45, 2.75) is 38.7 Å². The molecule has 1 aliphatic heterocycles. The van der Waals surface area contributed by atoms with Crippen molar-refractivity contribution in [3.8, 4) is 0 Å². The Kier molecular flexibility index (Phi) is 1.36. The van der Waals surface area contributed by atoms with Gasteiger partial charge in [-0.1, -0.05) is 12.2 Å². The summed E-state index contributed by atoms with van der Waals surface area (Å²) in [4.78, 5) is 11.9. The van der Waals surface area contributed by atoms with E-state index >= 15 is 0 Å². The van der Waals surface area contributed by atoms with Crippen LogP contribution in [0.25, 0.3) is 0 Å². The summed E-state index contributed by atoms with van der Waals surface area (Å²) in [5, 5.41) is 0. The number of cyclic esters (lactones) is 1. The van der Waals surface area contributed by atoms with Gasteiger partial charge in [-0.3, -0.25) is 4.79 Å². The van der Waals surface area contributed by atoms with Crippen molar-refractivity contribution in [2.75, 3.05) is 0 Å². The van der Waals surface area contributed by atoms with Gasteiger partial charge in [0.25, 0.3) is 0 Å². The third-order valence-electron chi connectivity index (χ3n) is 4.03. The van der Waals surface area contributed by atoms with Crippen LogP contribution < -0.4 is 0 Å². The van der Waals surface area contributed by atoms with Crippen LogP contribution in [0.5, 0.6) is 0 Å². The predicted molar refractivity (Wildman–Crippen MR) is 52.6 cm³/mol. The highest BCUT2D eigenvalue weighted by Crippen LogP contribution is 2.59. The molecule has 3 atom stereocenters. The van der Waals surface area contributed by atoms with E-state index in [4.69, 9.17) is 4.74 Å². The van der Waals surface area contributed by atoms with Gasteiger partial charge in [-0.15, -0.1) is 0 Å². The summed E-state index contributed by atoms with van der Waals surface area (Å²) < 4.78 is 5.47. The molecule has 0 N–H and O–H groups in total. The third-order valence-corrected chi connectivity index (χ3v) is 4.03. The Labute approximate surface area is 84.3 Å². The fourth-order valence-corrected chi connectivity index (χ4v) is 3.61. The molecule has 2 bridgehead atoms. The fraction of sp³-hybridized carbons (Fsp3) is 0.750. The number of hydrogen-bond acceptors (Lipinski definition) is 2. The summed E-state index contributed by atoms with van der Waals surface area (Å²) in [5.41, 5.74) is -0.391. The molecule has 14 heavy (non-hydrogen) atoms. The largest absolute Gasteiger partial charge is 0.459 e. The van der Waals surface area contributed by atoms with Gasteiger partial charge in [0.2, 0.25) is 0 Å². The van der Waals surface area contributed by atoms with Crippen LogP contribution in [-0.4, -0.2) is 11.6 Å². The van der Waals surface area contributed by atoms with E-state index in [0.717, 1.165) is 12.8 Å². The molecule has 2 fully saturated rings. The average molecular weight is 192 g/mol. The molecule has 0 amide bonds. The first-order chi connectivity index (χ1) is 6.52. The van der Waals surface area contributed by atoms with Gasteiger partial charge >= 0.3 is 5.97 Å². The average Bonchev–Trinajstić information content (AvgIpc) is 2.65. The van der Waals surface area contributed by atoms with Crippen molar-refractivity contribution in [3.63, 3.8) is 0 Å². The van der Waals surface area contributed by atoms with Crippen LogP contribution in [0.2, 0.25) is 0 Å². The van der Waals surface area contributed by atoms with E-state index in [1.54, 1.807) is 0 Å². The van der Waals surface area contributed by atoms with Gasteiger partial charge < -0.3 is 4.74 Å². The standard InChI is InChI=1S/C12H16O2/c1-11(2)7-12(10(13)14-11)6-8-3-4-9(12)5-8/h3-4,8-9H,5-7H2,1-2H3. The van der Waals surface area contributed by atoms with Gasteiger partial charge in [0.05, 0.1) is 5.41 Å². The second-order valence-electron chi connectivity index (χ2n) is 5.67. The maximum absolute atomic E-state index is 11.9. The molecule has 0 radical (unpaired) electrons. The monoisotopic (exact) mass is 192 g/mol. The Hall–Kier alpha value is -0.790. The van der Waals surface area contributed by atoms with Crippen LogP contribution in [0.15, 0.2) is 12.2 Å². The number of esters is 1. The fourth-order valence-electron chi connectivity index (χ4n) is 3.61. The Morgan fingerprint density at radius 3 is 2.64 bits per heavy atom. The molecule has 2 aliphatic carbocycles. The molecular formula is C12H16O2. The molecule has 2 heteroatoms. The minimum Gasteiger partial charge on any atom is -0.459 e. The first-order valence-corrected chi connectivity index (χ1v) is 5.44. The highest BCUT2D eigenvalue weighted by molar-refractivity contribution is 5.81. The van der Waals surface area contributed by atoms with E-state index < -0.39 is 0 Å². The first-order valence-electron chi connectivity index (χ1n) is 5.44. The predicted octanol–water partition coefficient (Wildman–Crippen LogP) is 2.29. The quantitative estimate of drug-likeness (QED) is 0.435. The lowest BCUT2D eigenvalue weighted by Crippen LogP contribution is -2.31. The van der Waals surface area contributed by atoms with Gasteiger partial charge in [0.1, 0.15) is 5.60 Å². The molecule has 0 aromatic rings. The van der Waals surface area contributed by atoms with Crippen LogP contribution in [0.4, 0.5) is 0 Å². The molecule has 2 nitrogen and oxygen atoms in total. The van der Waals surface area contributed by atoms with Crippen molar-refractivity contribution in [2.24, 2.45) is 17.3 Å². The molecule has 1 saturated carbocycles. The summed E-state index contributed by atoms with van der Waals surface area (Å²) in [5.74, 6) is 1.16. The molecule has 1 saturated heterocycles. The summed E-state index contributed by atoms with van der Waals surface area (Å²) >= 11 is 0. The Morgan fingerprint density at radius 1 is 1.43 bits per heavy atom. The van der Waals surface area contributed by atoms with E-state index in [-0.39, 0.29) is 17.0 Å². The first kappa shape index (κ1) is 8.51. The van der Waals surface area contributed by atoms with Crippen LogP contribution in [0.1, 0.15) is 33.1 Å². The number of ether oxygens (including phenoxy) is 1. The van der Waals surface area contributed by atoms with Crippen molar-refractivity contribution in [1.29, 1.82) is 0 Å². The Bertz CT molecular complexity index is 329. The van der Waals surface area contributed by atoms with Crippen molar-refractivity contribution in [1.82, 2.24) is 0 Å². The van der Waals surface area contributed by atoms with E-state index in [0.29, 0.717) is 11.8 Å². The van der Waals surface area contributed by atoms with Gasteiger partial charge in [0, 0.05) is 6.42 Å². The number of carbonyl (C=O) groups is 1. The lowest BCUT2D eigenvalue weighted by Gasteiger charge is -2.26. The Balaban J connectivity index is 1.99. The third kappa shape index (κ3) is 0.891. The number of hydrogen-bond donors (Lipinski definition) is 0. The normalized spacial score (nSPS) is 47.7. The second-order valence-corrected chi connectivity index (χ2v) is 5.67. The molecule has 1 spiro atoms. The highest BCUT2D eigenvalue weighted by atomic mass is 16.6. The zero-order valence-corrected chi connectivity index (χ0v) is 8.75. The van der Waals surface area contributed by atoms with Gasteiger partial charge in [-0.2, -0.15) is 0 Å². The number of allylic oxidation sites excluding steroid dienone is 2. The molecule has 0 aromatic heterocycles. The zero-order valence-electron chi connectivity index (χ0n) is 8.75. The maximum atomic E-state index is 11.9. The second kappa shape index (κ2) is 2.23. The smallest absolute Gasteiger partial charge is 0.313 e. The number of rotatable bonds is 0. The molecule has 76 valence electrons. The van der Waals surface area contributed by atoms with Crippen LogP contribution >= 0.6 is 0 Å². The number of carbonyl (C=O) groups excluding carboxylic acids is 1. The van der Waals surface area contributed by atoms with E-state index in [2.05, 4.69) is 12.2 Å². The van der Waals surface area contributed by atoms with Crippen molar-refractivity contribution in [3.05, 3.63) is 12.2 Å². The number of fused-ring (bicyclic) bond motifs is 3. The lowest BCUT2D eigenvalue weighted by atomic mass is 9.72. The lowest BCUT2D eigenvalue weighted by molar-refractivity contribution is -0.153.